The minimum atomic E-state index is -0.120. The summed E-state index contributed by atoms with van der Waals surface area (Å²) >= 11 is 1.44. The summed E-state index contributed by atoms with van der Waals surface area (Å²) in [6.45, 7) is 2.34. The van der Waals surface area contributed by atoms with Crippen LogP contribution in [-0.4, -0.2) is 80.6 Å². The van der Waals surface area contributed by atoms with Crippen molar-refractivity contribution in [2.24, 2.45) is 0 Å². The number of carbonyl (C=O) groups is 3. The van der Waals surface area contributed by atoms with E-state index in [-0.39, 0.29) is 37.0 Å². The summed E-state index contributed by atoms with van der Waals surface area (Å²) in [4.78, 5) is 43.5. The zero-order valence-electron chi connectivity index (χ0n) is 16.9. The van der Waals surface area contributed by atoms with Crippen LogP contribution >= 0.6 is 11.3 Å². The Morgan fingerprint density at radius 1 is 1.24 bits per heavy atom. The highest BCUT2D eigenvalue weighted by Crippen LogP contribution is 2.40. The molecular formula is C20H27N3O5S. The number of thiophene rings is 1. The monoisotopic (exact) mass is 421 g/mol. The maximum Gasteiger partial charge on any atom is 0.257 e. The first kappa shape index (κ1) is 20.3. The van der Waals surface area contributed by atoms with Gasteiger partial charge in [0.15, 0.2) is 0 Å². The fraction of sp³-hybridized carbons (Fsp3) is 0.650. The number of ether oxygens (including phenoxy) is 2. The van der Waals surface area contributed by atoms with E-state index in [0.717, 1.165) is 36.3 Å². The van der Waals surface area contributed by atoms with E-state index in [1.54, 1.807) is 23.9 Å². The van der Waals surface area contributed by atoms with E-state index >= 15 is 0 Å². The Balaban J connectivity index is 1.42. The van der Waals surface area contributed by atoms with Crippen molar-refractivity contribution in [2.45, 2.75) is 38.3 Å². The van der Waals surface area contributed by atoms with Crippen LogP contribution in [0.25, 0.3) is 0 Å². The maximum atomic E-state index is 12.8. The average Bonchev–Trinajstić information content (AvgIpc) is 3.08. The number of nitrogens with zero attached hydrogens (tertiary/aromatic N) is 3. The molecule has 0 saturated carbocycles. The van der Waals surface area contributed by atoms with E-state index < -0.39 is 0 Å². The van der Waals surface area contributed by atoms with Gasteiger partial charge in [-0.1, -0.05) is 0 Å². The zero-order chi connectivity index (χ0) is 20.5. The van der Waals surface area contributed by atoms with Crippen molar-refractivity contribution in [3.8, 4) is 0 Å². The first-order chi connectivity index (χ1) is 14.0. The molecule has 1 saturated heterocycles. The molecule has 29 heavy (non-hydrogen) atoms. The predicted molar refractivity (Wildman–Crippen MR) is 108 cm³/mol. The van der Waals surface area contributed by atoms with Crippen LogP contribution in [0.4, 0.5) is 5.00 Å². The highest BCUT2D eigenvalue weighted by atomic mass is 32.1. The number of fused-ring (bicyclic) bond motifs is 3. The number of hydrogen-bond acceptors (Lipinski definition) is 6. The van der Waals surface area contributed by atoms with Crippen molar-refractivity contribution in [1.82, 2.24) is 9.80 Å². The van der Waals surface area contributed by atoms with E-state index in [4.69, 9.17) is 9.47 Å². The molecule has 0 aromatic carbocycles. The second kappa shape index (κ2) is 8.41. The molecule has 0 aliphatic carbocycles. The fourth-order valence-corrected chi connectivity index (χ4v) is 5.38. The molecule has 0 N–H and O–H groups in total. The second-order valence-electron chi connectivity index (χ2n) is 7.87. The molecule has 1 fully saturated rings. The molecule has 1 unspecified atom stereocenters. The number of anilines is 1. The van der Waals surface area contributed by atoms with Gasteiger partial charge in [0.2, 0.25) is 11.8 Å². The standard InChI is InChI=1S/C20H27N3O5S/c1-21-10-16(24)22(2)20-18(19(21)26)14-6-7-23(9-15(14)29-20)17(25)12-27-11-13-5-3-4-8-28-13/h13H,3-12H2,1-2H3. The summed E-state index contributed by atoms with van der Waals surface area (Å²) in [6.07, 6.45) is 3.92. The van der Waals surface area contributed by atoms with Crippen molar-refractivity contribution in [2.75, 3.05) is 51.9 Å². The van der Waals surface area contributed by atoms with E-state index in [1.807, 2.05) is 0 Å². The van der Waals surface area contributed by atoms with Gasteiger partial charge in [0.1, 0.15) is 18.2 Å². The summed E-state index contributed by atoms with van der Waals surface area (Å²) in [5.41, 5.74) is 1.60. The van der Waals surface area contributed by atoms with E-state index in [0.29, 0.717) is 36.7 Å². The number of hydrogen-bond donors (Lipinski definition) is 0. The largest absolute Gasteiger partial charge is 0.376 e. The lowest BCUT2D eigenvalue weighted by atomic mass is 10.0. The van der Waals surface area contributed by atoms with Gasteiger partial charge in [-0.3, -0.25) is 14.4 Å². The van der Waals surface area contributed by atoms with Crippen molar-refractivity contribution < 1.29 is 23.9 Å². The van der Waals surface area contributed by atoms with Gasteiger partial charge in [0.05, 0.1) is 24.8 Å². The van der Waals surface area contributed by atoms with Crippen molar-refractivity contribution in [1.29, 1.82) is 0 Å². The minimum absolute atomic E-state index is 0.0420. The van der Waals surface area contributed by atoms with Gasteiger partial charge in [-0.2, -0.15) is 0 Å². The molecule has 8 nitrogen and oxygen atoms in total. The molecule has 1 aromatic rings. The summed E-state index contributed by atoms with van der Waals surface area (Å²) in [5.74, 6) is -0.279. The highest BCUT2D eigenvalue weighted by Gasteiger charge is 2.36. The molecule has 4 rings (SSSR count). The molecule has 3 aliphatic heterocycles. The molecule has 158 valence electrons. The minimum Gasteiger partial charge on any atom is -0.376 e. The van der Waals surface area contributed by atoms with Crippen molar-refractivity contribution in [3.63, 3.8) is 0 Å². The van der Waals surface area contributed by atoms with Crippen molar-refractivity contribution >= 4 is 34.1 Å². The zero-order valence-corrected chi connectivity index (χ0v) is 17.8. The molecular weight excluding hydrogens is 394 g/mol. The Bertz CT molecular complexity index is 817. The van der Waals surface area contributed by atoms with Gasteiger partial charge >= 0.3 is 0 Å². The molecule has 0 spiro atoms. The second-order valence-corrected chi connectivity index (χ2v) is 8.95. The summed E-state index contributed by atoms with van der Waals surface area (Å²) in [5, 5.41) is 0.689. The quantitative estimate of drug-likeness (QED) is 0.732. The first-order valence-corrected chi connectivity index (χ1v) is 10.9. The SMILES string of the molecule is CN1CC(=O)N(C)c2sc3c(c2C1=O)CCN(C(=O)COCC1CCCCO1)C3. The van der Waals surface area contributed by atoms with Crippen molar-refractivity contribution in [3.05, 3.63) is 16.0 Å². The van der Waals surface area contributed by atoms with Crippen LogP contribution in [0, 0.1) is 0 Å². The summed E-state index contributed by atoms with van der Waals surface area (Å²) in [7, 11) is 3.36. The van der Waals surface area contributed by atoms with E-state index in [9.17, 15) is 14.4 Å². The molecule has 0 bridgehead atoms. The van der Waals surface area contributed by atoms with Crippen LogP contribution < -0.4 is 4.90 Å². The van der Waals surface area contributed by atoms with E-state index in [2.05, 4.69) is 0 Å². The van der Waals surface area contributed by atoms with Gasteiger partial charge in [-0.25, -0.2) is 0 Å². The lowest BCUT2D eigenvalue weighted by Crippen LogP contribution is -2.39. The van der Waals surface area contributed by atoms with Gasteiger partial charge in [0, 0.05) is 32.1 Å². The Hall–Kier alpha value is -1.97. The average molecular weight is 422 g/mol. The van der Waals surface area contributed by atoms with Gasteiger partial charge < -0.3 is 24.2 Å². The Kier molecular flexibility index (Phi) is 5.89. The molecule has 1 atom stereocenters. The van der Waals surface area contributed by atoms with E-state index in [1.165, 1.54) is 16.2 Å². The number of likely N-dealkylation sites (N-methyl/N-ethyl adjacent to an activating group) is 2. The number of amides is 3. The van der Waals surface area contributed by atoms with Crippen LogP contribution in [-0.2, 0) is 32.0 Å². The number of rotatable bonds is 4. The summed E-state index contributed by atoms with van der Waals surface area (Å²) in [6, 6.07) is 0. The number of carbonyl (C=O) groups excluding carboxylic acids is 3. The Morgan fingerprint density at radius 2 is 2.07 bits per heavy atom. The van der Waals surface area contributed by atoms with Crippen LogP contribution in [0.2, 0.25) is 0 Å². The smallest absolute Gasteiger partial charge is 0.257 e. The van der Waals surface area contributed by atoms with Crippen LogP contribution in [0.5, 0.6) is 0 Å². The maximum absolute atomic E-state index is 12.8. The fourth-order valence-electron chi connectivity index (χ4n) is 4.05. The lowest BCUT2D eigenvalue weighted by molar-refractivity contribution is -0.139. The third-order valence-electron chi connectivity index (χ3n) is 5.81. The molecule has 9 heteroatoms. The predicted octanol–water partition coefficient (Wildman–Crippen LogP) is 1.27. The highest BCUT2D eigenvalue weighted by molar-refractivity contribution is 7.17. The third kappa shape index (κ3) is 4.04. The van der Waals surface area contributed by atoms with Gasteiger partial charge in [0.25, 0.3) is 5.91 Å². The topological polar surface area (TPSA) is 79.4 Å². The van der Waals surface area contributed by atoms with Crippen LogP contribution in [0.1, 0.15) is 40.1 Å². The summed E-state index contributed by atoms with van der Waals surface area (Å²) < 4.78 is 11.2. The molecule has 3 amide bonds. The Morgan fingerprint density at radius 3 is 2.83 bits per heavy atom. The van der Waals surface area contributed by atoms with Crippen LogP contribution in [0.15, 0.2) is 0 Å². The molecule has 0 radical (unpaired) electrons. The molecule has 3 aliphatic rings. The molecule has 4 heterocycles. The van der Waals surface area contributed by atoms with Crippen LogP contribution in [0.3, 0.4) is 0 Å². The molecule has 1 aromatic heterocycles. The third-order valence-corrected chi connectivity index (χ3v) is 7.10. The Labute approximate surface area is 174 Å². The van der Waals surface area contributed by atoms with Gasteiger partial charge in [-0.15, -0.1) is 11.3 Å². The van der Waals surface area contributed by atoms with Gasteiger partial charge in [-0.05, 0) is 31.2 Å². The first-order valence-electron chi connectivity index (χ1n) is 10.1. The lowest BCUT2D eigenvalue weighted by Gasteiger charge is -2.28. The normalized spacial score (nSPS) is 22.4.